The molecule has 3 heteroatoms. The molecule has 0 saturated carbocycles. The van der Waals surface area contributed by atoms with Gasteiger partial charge < -0.3 is 13.3 Å². The molecule has 0 N–H and O–H groups in total. The van der Waals surface area contributed by atoms with Gasteiger partial charge >= 0.3 is 0 Å². The smallest absolute Gasteiger partial charge is 0.143 e. The number of furan rings is 3. The molecule has 0 unspecified atom stereocenters. The average Bonchev–Trinajstić information content (AvgIpc) is 1.62. The van der Waals surface area contributed by atoms with Gasteiger partial charge in [0.15, 0.2) is 0 Å². The van der Waals surface area contributed by atoms with Crippen LogP contribution in [-0.4, -0.2) is 0 Å². The van der Waals surface area contributed by atoms with E-state index in [1.165, 1.54) is 0 Å². The van der Waals surface area contributed by atoms with Gasteiger partial charge in [-0.1, -0.05) is 376 Å². The molecule has 0 aliphatic heterocycles. The first-order chi connectivity index (χ1) is 71.4. The molecule has 0 bridgehead atoms. The predicted octanol–water partition coefficient (Wildman–Crippen LogP) is 34.8. The standard InChI is InChI=1S/2C42H26O.C37H24O/c1-3-13-27(14-4-1)39-32-19-9-11-21-34(32)40(35-22-12-10-20-33(35)39)30-23-24-38-36(26-30)37-25-29-17-7-8-18-31(29)41(42(37)43-38)28-15-5-2-6-16-28;1-2-11-27(12-3-1)41-33-17-6-8-19-35(33)42(36-20-9-7-18-34(36)41)32-16-10-15-28(23-32)31-21-22-39-37(25-31)38-24-29-13-4-5-14-30(29)26-40(38)43-39;1-23-27-14-6-5-13-25(27)21-33-32-22-26(19-20-34(32)38-37(23)33)36-30-17-9-7-15-28(30)35(24-11-3-2-4-12-24)29-16-8-10-18-31(29)36/h2*1-26H;2-22H,1H3/i9D,10D,11D,12D,19D,20D,21D,22D;6D,7D,8D,9D,17D,18D,19D,20D;7D,8D,9D,10D,15D,16D,17D,18D. The topological polar surface area (TPSA) is 39.4 Å². The molecule has 0 aliphatic rings. The fraction of sp³-hybridized carbons (Fsp3) is 0.00826. The summed E-state index contributed by atoms with van der Waals surface area (Å²) in [6.45, 7) is 2.02. The highest BCUT2D eigenvalue weighted by Gasteiger charge is 2.25. The number of benzene rings is 23. The molecule has 124 heavy (non-hydrogen) atoms. The Morgan fingerprint density at radius 3 is 0.855 bits per heavy atom. The van der Waals surface area contributed by atoms with E-state index in [1.54, 1.807) is 84.9 Å². The molecule has 578 valence electrons. The third kappa shape index (κ3) is 12.0. The maximum absolute atomic E-state index is 9.25. The summed E-state index contributed by atoms with van der Waals surface area (Å²) in [6.07, 6.45) is 0. The minimum Gasteiger partial charge on any atom is -0.456 e. The molecule has 3 aromatic heterocycles. The lowest BCUT2D eigenvalue weighted by Gasteiger charge is -2.18. The Kier molecular flexibility index (Phi) is 12.3. The number of hydrogen-bond acceptors (Lipinski definition) is 3. The maximum atomic E-state index is 9.25. The van der Waals surface area contributed by atoms with Crippen molar-refractivity contribution < 1.29 is 46.1 Å². The first-order valence-electron chi connectivity index (χ1n) is 52.7. The summed E-state index contributed by atoms with van der Waals surface area (Å²) < 4.78 is 233. The number of hydrogen-bond donors (Lipinski definition) is 0. The van der Waals surface area contributed by atoms with Crippen molar-refractivity contribution in [3.63, 3.8) is 0 Å². The minimum atomic E-state index is -0.429. The lowest BCUT2D eigenvalue weighted by Crippen LogP contribution is -1.91. The van der Waals surface area contributed by atoms with Crippen LogP contribution in [0.4, 0.5) is 0 Å². The van der Waals surface area contributed by atoms with Gasteiger partial charge in [0, 0.05) is 43.4 Å². The molecule has 3 heterocycles. The third-order valence-electron chi connectivity index (χ3n) is 24.0. The van der Waals surface area contributed by atoms with Crippen molar-refractivity contribution in [1.29, 1.82) is 0 Å². The first kappa shape index (κ1) is 51.3. The van der Waals surface area contributed by atoms with Crippen LogP contribution in [0.5, 0.6) is 0 Å². The van der Waals surface area contributed by atoms with E-state index in [9.17, 15) is 5.48 Å². The van der Waals surface area contributed by atoms with E-state index in [0.717, 1.165) is 109 Å². The van der Waals surface area contributed by atoms with Crippen molar-refractivity contribution in [1.82, 2.24) is 0 Å². The second-order valence-corrected chi connectivity index (χ2v) is 30.9. The summed E-state index contributed by atoms with van der Waals surface area (Å²) in [7, 11) is 0. The molecule has 0 radical (unpaired) electrons. The maximum Gasteiger partial charge on any atom is 0.143 e. The zero-order valence-corrected chi connectivity index (χ0v) is 66.0. The van der Waals surface area contributed by atoms with Gasteiger partial charge in [-0.05, 0) is 254 Å². The van der Waals surface area contributed by atoms with Crippen molar-refractivity contribution >= 4 is 163 Å². The molecule has 26 rings (SSSR count). The SMILES string of the molecule is [2H]c1c([2H])c([2H])c2c(-c3ccc4oc5c(-c6ccccc6)c6ccccc6cc5c4c3)c3c([2H])c([2H])c([2H])c([2H])c3c(-c3ccccc3)c2c1[2H].[2H]c1c([2H])c([2H])c2c(-c3ccc4oc5c(C)c6ccccc6cc5c4c3)c3c([2H])c([2H])c([2H])c([2H])c3c(-c3ccccc3)c2c1[2H].[2H]c1c([2H])c([2H])c2c(-c3cccc(-c4ccc5oc6cc7ccccc7cc6c5c4)c3)c3c([2H])c([2H])c([2H])c([2H])c3c(-c3ccccc3)c2c1[2H]. The monoisotopic (exact) mass is 1600 g/mol. The van der Waals surface area contributed by atoms with E-state index >= 15 is 0 Å². The molecular formula is C121H76O3. The van der Waals surface area contributed by atoms with Crippen LogP contribution in [-0.2, 0) is 0 Å². The van der Waals surface area contributed by atoms with Crippen LogP contribution < -0.4 is 0 Å². The molecular weight excluding hydrogens is 1500 g/mol. The predicted molar refractivity (Wildman–Crippen MR) is 527 cm³/mol. The molecule has 0 amide bonds. The largest absolute Gasteiger partial charge is 0.456 e. The highest BCUT2D eigenvalue weighted by atomic mass is 16.3. The van der Waals surface area contributed by atoms with E-state index < -0.39 is 72.5 Å². The Labute approximate surface area is 749 Å². The highest BCUT2D eigenvalue weighted by molar-refractivity contribution is 6.27. The summed E-state index contributed by atoms with van der Waals surface area (Å²) in [4.78, 5) is 0. The third-order valence-corrected chi connectivity index (χ3v) is 24.0. The summed E-state index contributed by atoms with van der Waals surface area (Å²) in [5.41, 5.74) is 14.2. The lowest BCUT2D eigenvalue weighted by molar-refractivity contribution is 0.666. The van der Waals surface area contributed by atoms with Gasteiger partial charge in [-0.3, -0.25) is 0 Å². The van der Waals surface area contributed by atoms with Crippen molar-refractivity contribution in [3.05, 3.63) is 448 Å². The molecule has 3 nitrogen and oxygen atoms in total. The second-order valence-electron chi connectivity index (χ2n) is 30.9. The Hall–Kier alpha value is -16.2. The van der Waals surface area contributed by atoms with Gasteiger partial charge in [0.25, 0.3) is 0 Å². The van der Waals surface area contributed by atoms with Crippen molar-refractivity contribution in [2.45, 2.75) is 6.92 Å². The highest BCUT2D eigenvalue weighted by Crippen LogP contribution is 2.51. The Balaban J connectivity index is 0.000000119. The van der Waals surface area contributed by atoms with Gasteiger partial charge in [0.05, 0.1) is 32.9 Å². The zero-order valence-electron chi connectivity index (χ0n) is 90.0. The van der Waals surface area contributed by atoms with Crippen molar-refractivity contribution in [3.8, 4) is 89.0 Å². The van der Waals surface area contributed by atoms with E-state index in [0.29, 0.717) is 83.5 Å². The molecule has 0 fully saturated rings. The Morgan fingerprint density at radius 1 is 0.161 bits per heavy atom. The lowest BCUT2D eigenvalue weighted by atomic mass is 9.85. The van der Waals surface area contributed by atoms with Gasteiger partial charge in [0.1, 0.15) is 33.5 Å². The van der Waals surface area contributed by atoms with Crippen molar-refractivity contribution in [2.24, 2.45) is 0 Å². The van der Waals surface area contributed by atoms with Crippen molar-refractivity contribution in [2.75, 3.05) is 0 Å². The van der Waals surface area contributed by atoms with Crippen LogP contribution in [0.15, 0.2) is 456 Å². The van der Waals surface area contributed by atoms with E-state index in [4.69, 9.17) is 40.7 Å². The van der Waals surface area contributed by atoms with E-state index in [2.05, 4.69) is 54.6 Å². The Bertz CT molecular complexity index is 10100. The molecule has 0 saturated heterocycles. The van der Waals surface area contributed by atoms with Crippen LogP contribution in [0.2, 0.25) is 0 Å². The summed E-state index contributed by atoms with van der Waals surface area (Å²) in [5, 5.41) is 13.9. The minimum absolute atomic E-state index is 0.181. The van der Waals surface area contributed by atoms with Crippen LogP contribution in [0.25, 0.3) is 252 Å². The van der Waals surface area contributed by atoms with Gasteiger partial charge in [0.2, 0.25) is 0 Å². The van der Waals surface area contributed by atoms with Gasteiger partial charge in [-0.2, -0.15) is 0 Å². The van der Waals surface area contributed by atoms with E-state index in [-0.39, 0.29) is 137 Å². The molecule has 0 atom stereocenters. The number of aryl methyl sites for hydroxylation is 1. The van der Waals surface area contributed by atoms with Crippen LogP contribution in [0.1, 0.15) is 38.5 Å². The summed E-state index contributed by atoms with van der Waals surface area (Å²) in [5.74, 6) is 0. The number of rotatable bonds is 8. The average molecular weight is 1600 g/mol. The van der Waals surface area contributed by atoms with Gasteiger partial charge in [-0.15, -0.1) is 0 Å². The van der Waals surface area contributed by atoms with Crippen LogP contribution in [0, 0.1) is 6.92 Å². The summed E-state index contributed by atoms with van der Waals surface area (Å²) >= 11 is 0. The molecule has 23 aromatic carbocycles. The molecule has 0 spiro atoms. The fourth-order valence-electron chi connectivity index (χ4n) is 18.5. The number of fused-ring (bicyclic) bond motifs is 18. The summed E-state index contributed by atoms with van der Waals surface area (Å²) in [6, 6.07) is 85.8. The first-order valence-corrected chi connectivity index (χ1v) is 40.7. The van der Waals surface area contributed by atoms with E-state index in [1.807, 2.05) is 165 Å². The Morgan fingerprint density at radius 2 is 0.427 bits per heavy atom. The fourth-order valence-corrected chi connectivity index (χ4v) is 18.5. The second kappa shape index (κ2) is 29.6. The van der Waals surface area contributed by atoms with Gasteiger partial charge in [-0.25, -0.2) is 0 Å². The van der Waals surface area contributed by atoms with Crippen LogP contribution >= 0.6 is 0 Å². The van der Waals surface area contributed by atoms with Crippen LogP contribution in [0.3, 0.4) is 0 Å². The molecule has 26 aromatic rings. The zero-order chi connectivity index (χ0) is 103. The quantitative estimate of drug-likeness (QED) is 0.142. The normalized spacial score (nSPS) is 14.5. The molecule has 0 aliphatic carbocycles.